The number of benzene rings is 1. The smallest absolute Gasteiger partial charge is 0.149 e. The summed E-state index contributed by atoms with van der Waals surface area (Å²) in [6.45, 7) is 6.89. The van der Waals surface area contributed by atoms with Gasteiger partial charge >= 0.3 is 0 Å². The molecule has 1 aliphatic rings. The van der Waals surface area contributed by atoms with Crippen molar-refractivity contribution < 1.29 is 8.78 Å². The van der Waals surface area contributed by atoms with E-state index in [2.05, 4.69) is 16.8 Å². The van der Waals surface area contributed by atoms with E-state index in [1.807, 2.05) is 0 Å². The first-order chi connectivity index (χ1) is 9.65. The minimum Gasteiger partial charge on any atom is -0.314 e. The van der Waals surface area contributed by atoms with Crippen LogP contribution in [0.2, 0.25) is 5.02 Å². The number of halogens is 3. The van der Waals surface area contributed by atoms with Crippen LogP contribution < -0.4 is 5.32 Å². The summed E-state index contributed by atoms with van der Waals surface area (Å²) < 4.78 is 28.4. The Kier molecular flexibility index (Phi) is 5.52. The Morgan fingerprint density at radius 2 is 2.05 bits per heavy atom. The van der Waals surface area contributed by atoms with Gasteiger partial charge in [-0.15, -0.1) is 6.58 Å². The van der Waals surface area contributed by atoms with E-state index in [1.165, 1.54) is 12.1 Å². The van der Waals surface area contributed by atoms with Gasteiger partial charge in [-0.1, -0.05) is 17.7 Å². The third-order valence-electron chi connectivity index (χ3n) is 3.65. The zero-order valence-corrected chi connectivity index (χ0v) is 12.1. The van der Waals surface area contributed by atoms with E-state index in [0.717, 1.165) is 26.2 Å². The first-order valence-electron chi connectivity index (χ1n) is 6.84. The number of rotatable bonds is 5. The first-order valence-corrected chi connectivity index (χ1v) is 7.22. The fraction of sp³-hybridized carbons (Fsp3) is 0.467. The molecule has 0 bridgehead atoms. The van der Waals surface area contributed by atoms with Gasteiger partial charge in [0, 0.05) is 37.8 Å². The van der Waals surface area contributed by atoms with Gasteiger partial charge in [0.15, 0.2) is 0 Å². The van der Waals surface area contributed by atoms with Gasteiger partial charge in [-0.3, -0.25) is 4.90 Å². The van der Waals surface area contributed by atoms with Crippen LogP contribution in [0.15, 0.2) is 24.8 Å². The molecule has 1 heterocycles. The lowest BCUT2D eigenvalue weighted by Crippen LogP contribution is -2.45. The van der Waals surface area contributed by atoms with Crippen LogP contribution in [0.25, 0.3) is 0 Å². The molecule has 0 amide bonds. The largest absolute Gasteiger partial charge is 0.314 e. The normalized spacial score (nSPS) is 17.9. The molecule has 0 unspecified atom stereocenters. The van der Waals surface area contributed by atoms with Gasteiger partial charge in [0.2, 0.25) is 0 Å². The molecule has 1 fully saturated rings. The maximum atomic E-state index is 14.3. The van der Waals surface area contributed by atoms with Gasteiger partial charge in [0.25, 0.3) is 0 Å². The lowest BCUT2D eigenvalue weighted by atomic mass is 9.98. The van der Waals surface area contributed by atoms with E-state index in [9.17, 15) is 8.78 Å². The average molecular weight is 301 g/mol. The molecule has 1 aliphatic heterocycles. The van der Waals surface area contributed by atoms with Crippen molar-refractivity contribution in [3.63, 3.8) is 0 Å². The maximum Gasteiger partial charge on any atom is 0.149 e. The molecule has 0 aromatic heterocycles. The van der Waals surface area contributed by atoms with E-state index >= 15 is 0 Å². The average Bonchev–Trinajstić information content (AvgIpc) is 2.47. The number of piperazine rings is 1. The molecule has 110 valence electrons. The second-order valence-electron chi connectivity index (χ2n) is 4.92. The summed E-state index contributed by atoms with van der Waals surface area (Å²) >= 11 is 5.81. The van der Waals surface area contributed by atoms with Crippen molar-refractivity contribution in [2.45, 2.75) is 18.9 Å². The van der Waals surface area contributed by atoms with Crippen molar-refractivity contribution in [1.82, 2.24) is 10.2 Å². The number of hydrogen-bond acceptors (Lipinski definition) is 2. The van der Waals surface area contributed by atoms with Gasteiger partial charge in [-0.05, 0) is 25.0 Å². The van der Waals surface area contributed by atoms with Crippen LogP contribution in [0.1, 0.15) is 24.4 Å². The minimum atomic E-state index is -0.640. The van der Waals surface area contributed by atoms with Crippen LogP contribution in [0.3, 0.4) is 0 Å². The van der Waals surface area contributed by atoms with E-state index in [1.54, 1.807) is 6.08 Å². The molecule has 2 rings (SSSR count). The third-order valence-corrected chi connectivity index (χ3v) is 3.94. The summed E-state index contributed by atoms with van der Waals surface area (Å²) in [5.74, 6) is -1.17. The van der Waals surface area contributed by atoms with Gasteiger partial charge in [-0.2, -0.15) is 0 Å². The van der Waals surface area contributed by atoms with Crippen molar-refractivity contribution in [2.75, 3.05) is 26.2 Å². The van der Waals surface area contributed by atoms with Crippen LogP contribution in [-0.4, -0.2) is 31.1 Å². The Morgan fingerprint density at radius 3 is 2.70 bits per heavy atom. The first kappa shape index (κ1) is 15.4. The molecule has 1 atom stereocenters. The molecule has 1 aromatic rings. The van der Waals surface area contributed by atoms with Gasteiger partial charge in [0.1, 0.15) is 11.6 Å². The molecule has 20 heavy (non-hydrogen) atoms. The topological polar surface area (TPSA) is 15.3 Å². The Hall–Kier alpha value is -0.970. The van der Waals surface area contributed by atoms with Crippen LogP contribution >= 0.6 is 11.6 Å². The lowest BCUT2D eigenvalue weighted by Gasteiger charge is -2.35. The second kappa shape index (κ2) is 7.16. The Morgan fingerprint density at radius 1 is 1.35 bits per heavy atom. The molecule has 1 N–H and O–H groups in total. The summed E-state index contributed by atoms with van der Waals surface area (Å²) in [7, 11) is 0. The lowest BCUT2D eigenvalue weighted by molar-refractivity contribution is 0.159. The SMILES string of the molecule is C=CCC[C@@H](c1c(F)ccc(Cl)c1F)N1CCNCC1. The molecule has 0 spiro atoms. The van der Waals surface area contributed by atoms with E-state index in [-0.39, 0.29) is 16.6 Å². The zero-order chi connectivity index (χ0) is 14.5. The number of hydrogen-bond donors (Lipinski definition) is 1. The highest BCUT2D eigenvalue weighted by Gasteiger charge is 2.27. The van der Waals surface area contributed by atoms with Crippen molar-refractivity contribution in [3.05, 3.63) is 47.0 Å². The monoisotopic (exact) mass is 300 g/mol. The summed E-state index contributed by atoms with van der Waals surface area (Å²) in [5.41, 5.74) is 0.0845. The summed E-state index contributed by atoms with van der Waals surface area (Å²) in [6.07, 6.45) is 3.12. The Labute approximate surface area is 123 Å². The van der Waals surface area contributed by atoms with Crippen LogP contribution in [0.5, 0.6) is 0 Å². The standard InChI is InChI=1S/C15H19ClF2N2/c1-2-3-4-13(20-9-7-19-8-10-20)14-12(17)6-5-11(16)15(14)18/h2,5-6,13,19H,1,3-4,7-10H2/t13-/m0/s1. The van der Waals surface area contributed by atoms with Crippen LogP contribution in [0.4, 0.5) is 8.78 Å². The molecule has 0 aliphatic carbocycles. The van der Waals surface area contributed by atoms with Crippen molar-refractivity contribution in [1.29, 1.82) is 0 Å². The molecule has 1 saturated heterocycles. The molecular formula is C15H19ClF2N2. The second-order valence-corrected chi connectivity index (χ2v) is 5.33. The molecule has 0 radical (unpaired) electrons. The summed E-state index contributed by atoms with van der Waals surface area (Å²) in [5, 5.41) is 3.21. The molecule has 1 aromatic carbocycles. The molecule has 0 saturated carbocycles. The number of allylic oxidation sites excluding steroid dienone is 1. The van der Waals surface area contributed by atoms with Crippen LogP contribution in [0, 0.1) is 11.6 Å². The quantitative estimate of drug-likeness (QED) is 0.661. The third kappa shape index (κ3) is 3.37. The molecule has 2 nitrogen and oxygen atoms in total. The highest BCUT2D eigenvalue weighted by atomic mass is 35.5. The van der Waals surface area contributed by atoms with E-state index in [4.69, 9.17) is 11.6 Å². The zero-order valence-electron chi connectivity index (χ0n) is 11.3. The molecular weight excluding hydrogens is 282 g/mol. The van der Waals surface area contributed by atoms with Crippen molar-refractivity contribution in [3.8, 4) is 0 Å². The van der Waals surface area contributed by atoms with Crippen molar-refractivity contribution in [2.24, 2.45) is 0 Å². The predicted octanol–water partition coefficient (Wildman–Crippen LogP) is 3.53. The number of nitrogens with zero attached hydrogens (tertiary/aromatic N) is 1. The van der Waals surface area contributed by atoms with E-state index < -0.39 is 11.6 Å². The fourth-order valence-electron chi connectivity index (χ4n) is 2.63. The van der Waals surface area contributed by atoms with Gasteiger partial charge < -0.3 is 5.32 Å². The summed E-state index contributed by atoms with van der Waals surface area (Å²) in [4.78, 5) is 2.11. The van der Waals surface area contributed by atoms with Gasteiger partial charge in [0.05, 0.1) is 5.02 Å². The fourth-order valence-corrected chi connectivity index (χ4v) is 2.79. The number of nitrogens with one attached hydrogen (secondary N) is 1. The van der Waals surface area contributed by atoms with Gasteiger partial charge in [-0.25, -0.2) is 8.78 Å². The predicted molar refractivity (Wildman–Crippen MR) is 78.0 cm³/mol. The maximum absolute atomic E-state index is 14.3. The summed E-state index contributed by atoms with van der Waals surface area (Å²) in [6, 6.07) is 2.20. The van der Waals surface area contributed by atoms with Crippen LogP contribution in [-0.2, 0) is 0 Å². The van der Waals surface area contributed by atoms with Crippen molar-refractivity contribution >= 4 is 11.6 Å². The minimum absolute atomic E-state index is 0.0277. The van der Waals surface area contributed by atoms with E-state index in [0.29, 0.717) is 12.8 Å². The highest BCUT2D eigenvalue weighted by Crippen LogP contribution is 2.33. The Bertz CT molecular complexity index is 473. The molecule has 5 heteroatoms. The highest BCUT2D eigenvalue weighted by molar-refractivity contribution is 6.30. The Balaban J connectivity index is 2.34.